The summed E-state index contributed by atoms with van der Waals surface area (Å²) in [5.41, 5.74) is 9.09. The summed E-state index contributed by atoms with van der Waals surface area (Å²) in [5, 5.41) is 7.53. The van der Waals surface area contributed by atoms with Crippen molar-refractivity contribution in [2.24, 2.45) is 11.8 Å². The van der Waals surface area contributed by atoms with E-state index < -0.39 is 11.6 Å². The van der Waals surface area contributed by atoms with Crippen molar-refractivity contribution < 1.29 is 42.1 Å². The normalized spacial score (nSPS) is 13.8. The van der Waals surface area contributed by atoms with Gasteiger partial charge in [-0.3, -0.25) is 9.59 Å². The number of amides is 1. The summed E-state index contributed by atoms with van der Waals surface area (Å²) in [4.78, 5) is 46.1. The number of aromatic nitrogens is 4. The van der Waals surface area contributed by atoms with Gasteiger partial charge in [0, 0.05) is 46.1 Å². The second-order valence-electron chi connectivity index (χ2n) is 19.4. The number of carbonyl (C=O) groups excluding carboxylic acids is 2. The van der Waals surface area contributed by atoms with Crippen LogP contribution in [0.25, 0.3) is 21.8 Å². The van der Waals surface area contributed by atoms with Crippen LogP contribution in [0.4, 0.5) is 31.7 Å². The predicted molar refractivity (Wildman–Crippen MR) is 312 cm³/mol. The zero-order valence-corrected chi connectivity index (χ0v) is 46.8. The van der Waals surface area contributed by atoms with Crippen LogP contribution in [-0.4, -0.2) is 116 Å². The summed E-state index contributed by atoms with van der Waals surface area (Å²) in [6, 6.07) is 31.8. The largest absolute Gasteiger partial charge is 0.497 e. The number of benzene rings is 6. The highest BCUT2D eigenvalue weighted by Gasteiger charge is 2.21. The van der Waals surface area contributed by atoms with E-state index in [0.29, 0.717) is 98.0 Å². The van der Waals surface area contributed by atoms with Crippen molar-refractivity contribution in [2.45, 2.75) is 32.1 Å². The van der Waals surface area contributed by atoms with Gasteiger partial charge in [0.25, 0.3) is 5.91 Å². The monoisotopic (exact) mass is 1130 g/mol. The van der Waals surface area contributed by atoms with Gasteiger partial charge in [-0.15, -0.1) is 12.4 Å². The molecule has 2 fully saturated rings. The number of methoxy groups -OCH3 is 3. The Labute approximate surface area is 475 Å². The topological polar surface area (TPSA) is 188 Å². The van der Waals surface area contributed by atoms with E-state index in [0.717, 1.165) is 49.9 Å². The fourth-order valence-corrected chi connectivity index (χ4v) is 9.17. The maximum absolute atomic E-state index is 15.0. The van der Waals surface area contributed by atoms with Gasteiger partial charge in [-0.1, -0.05) is 48.0 Å². The Balaban J connectivity index is 0.000000187. The zero-order valence-electron chi connectivity index (χ0n) is 45.2. The molecule has 0 bridgehead atoms. The molecule has 420 valence electrons. The van der Waals surface area contributed by atoms with Gasteiger partial charge >= 0.3 is 0 Å². The smallest absolute Gasteiger partial charge is 0.255 e. The summed E-state index contributed by atoms with van der Waals surface area (Å²) in [6.07, 6.45) is 7.55. The summed E-state index contributed by atoms with van der Waals surface area (Å²) in [7, 11) is 9.07. The highest BCUT2D eigenvalue weighted by molar-refractivity contribution is 6.34. The fraction of sp³-hybridized carbons (Fsp3) is 0.300. The molecule has 20 heteroatoms. The summed E-state index contributed by atoms with van der Waals surface area (Å²) in [6.45, 7) is 5.74. The number of nitrogens with zero attached hydrogens (tertiary/aromatic N) is 6. The number of Topliss-reactive ketones (excluding diaryl/α,β-unsaturated/α-hetero) is 1. The molecule has 0 saturated carbocycles. The van der Waals surface area contributed by atoms with Crippen molar-refractivity contribution in [3.63, 3.8) is 0 Å². The Morgan fingerprint density at radius 3 is 1.77 bits per heavy atom. The Morgan fingerprint density at radius 1 is 0.637 bits per heavy atom. The number of anilines is 4. The van der Waals surface area contributed by atoms with Crippen LogP contribution in [0.2, 0.25) is 5.15 Å². The lowest BCUT2D eigenvalue weighted by molar-refractivity contribution is 0.0990. The third-order valence-electron chi connectivity index (χ3n) is 13.8. The van der Waals surface area contributed by atoms with Gasteiger partial charge in [0.2, 0.25) is 0 Å². The molecule has 2 aliphatic rings. The van der Waals surface area contributed by atoms with E-state index >= 15 is 4.39 Å². The number of rotatable bonds is 16. The van der Waals surface area contributed by atoms with Crippen molar-refractivity contribution in [2.75, 3.05) is 91.2 Å². The van der Waals surface area contributed by atoms with Gasteiger partial charge in [0.15, 0.2) is 28.8 Å². The van der Waals surface area contributed by atoms with Crippen molar-refractivity contribution in [1.29, 1.82) is 0 Å². The highest BCUT2D eigenvalue weighted by atomic mass is 35.5. The molecule has 0 radical (unpaired) electrons. The molecule has 80 heavy (non-hydrogen) atoms. The van der Waals surface area contributed by atoms with E-state index in [2.05, 4.69) is 54.5 Å². The molecule has 2 aliphatic heterocycles. The average molecular weight is 1130 g/mol. The molecule has 0 unspecified atom stereocenters. The number of halogens is 4. The lowest BCUT2D eigenvalue weighted by Gasteiger charge is -2.28. The van der Waals surface area contributed by atoms with Crippen molar-refractivity contribution in [1.82, 2.24) is 29.7 Å². The molecule has 16 nitrogen and oxygen atoms in total. The minimum absolute atomic E-state index is 0. The zero-order chi connectivity index (χ0) is 55.8. The van der Waals surface area contributed by atoms with Gasteiger partial charge in [-0.05, 0) is 150 Å². The average Bonchev–Trinajstić information content (AvgIpc) is 3.48. The number of likely N-dealkylation sites (tertiary alicyclic amines) is 2. The molecule has 2 saturated heterocycles. The third-order valence-corrected chi connectivity index (χ3v) is 14.1. The first kappa shape index (κ1) is 59.8. The van der Waals surface area contributed by atoms with E-state index in [1.165, 1.54) is 43.7 Å². The quantitative estimate of drug-likeness (QED) is 0.0470. The molecule has 0 aliphatic carbocycles. The lowest BCUT2D eigenvalue weighted by atomic mass is 9.98. The number of hydrogen-bond donors (Lipinski definition) is 3. The third kappa shape index (κ3) is 16.1. The standard InChI is InChI=1S/C30H31FN4O3.C16H20ClN3O2.C14H13FN2O2.ClH/c1-35-12-10-20(11-13-35)18-38-29-17-26-23(16-28(29)37-2)30(33-19-32-26)34-25-9-8-21(14-24(25)31)15-27(36)22-6-4-3-5-7-22;1-20-5-3-11(4-6-20)9-22-15-8-13-12(7-14(15)21-2)16(17)19-10-18-13;1-19-11-5-2-9(3-6-11)14(18)17-10-4-7-13(16)12(15)8-10;/h3-9,14,16-17,19-20H,10-13,15,18H2,1-2H3,(H,32,33,34);7-8,10-11H,3-6,9H2,1-2H3;2-8H,16H2,1H3,(H,17,18);1H. The van der Waals surface area contributed by atoms with Crippen LogP contribution >= 0.6 is 24.0 Å². The van der Waals surface area contributed by atoms with Gasteiger partial charge < -0.3 is 49.9 Å². The first-order valence-electron chi connectivity index (χ1n) is 25.8. The van der Waals surface area contributed by atoms with E-state index in [1.54, 1.807) is 75.9 Å². The highest BCUT2D eigenvalue weighted by Crippen LogP contribution is 2.37. The maximum atomic E-state index is 15.0. The number of piperidine rings is 2. The number of nitrogen functional groups attached to an aromatic ring is 1. The fourth-order valence-electron chi connectivity index (χ4n) is 8.97. The van der Waals surface area contributed by atoms with Crippen LogP contribution in [0, 0.1) is 23.5 Å². The Kier molecular flexibility index (Phi) is 21.5. The second-order valence-corrected chi connectivity index (χ2v) is 19.7. The van der Waals surface area contributed by atoms with E-state index in [4.69, 9.17) is 41.0 Å². The molecule has 1 amide bonds. The summed E-state index contributed by atoms with van der Waals surface area (Å²) in [5.74, 6) is 3.35. The molecule has 0 spiro atoms. The van der Waals surface area contributed by atoms with Crippen LogP contribution in [0.3, 0.4) is 0 Å². The number of hydrogen-bond acceptors (Lipinski definition) is 15. The van der Waals surface area contributed by atoms with E-state index in [1.807, 2.05) is 42.5 Å². The number of ether oxygens (including phenoxy) is 5. The molecule has 8 aromatic rings. The molecular weight excluding hydrogens is 1070 g/mol. The number of nitrogens with two attached hydrogens (primary N) is 1. The molecule has 2 aromatic heterocycles. The molecule has 0 atom stereocenters. The lowest BCUT2D eigenvalue weighted by Crippen LogP contribution is -2.32. The van der Waals surface area contributed by atoms with Gasteiger partial charge in [-0.25, -0.2) is 28.7 Å². The molecule has 6 aromatic carbocycles. The van der Waals surface area contributed by atoms with Gasteiger partial charge in [0.05, 0.1) is 57.0 Å². The van der Waals surface area contributed by atoms with Crippen LogP contribution in [0.15, 0.2) is 128 Å². The molecule has 10 rings (SSSR count). The van der Waals surface area contributed by atoms with E-state index in [9.17, 15) is 14.0 Å². The first-order valence-corrected chi connectivity index (χ1v) is 26.2. The second kappa shape index (κ2) is 28.8. The number of nitrogens with one attached hydrogen (secondary N) is 2. The van der Waals surface area contributed by atoms with Gasteiger partial charge in [-0.2, -0.15) is 0 Å². The number of carbonyl (C=O) groups is 2. The van der Waals surface area contributed by atoms with Crippen LogP contribution in [-0.2, 0) is 6.42 Å². The first-order chi connectivity index (χ1) is 38.3. The number of ketones is 1. The number of fused-ring (bicyclic) bond motifs is 2. The van der Waals surface area contributed by atoms with Gasteiger partial charge in [0.1, 0.15) is 41.0 Å². The minimum Gasteiger partial charge on any atom is -0.497 e. The SMILES string of the molecule is COc1cc2c(Cl)ncnc2cc1OCC1CCN(C)CC1.COc1cc2c(Nc3ccc(CC(=O)c4ccccc4)cc3F)ncnc2cc1OCC1CCN(C)CC1.COc1ccc(C(=O)Nc2ccc(N)c(F)c2)cc1.Cl. The Bertz CT molecular complexity index is 3350. The van der Waals surface area contributed by atoms with Crippen LogP contribution < -0.4 is 40.1 Å². The summed E-state index contributed by atoms with van der Waals surface area (Å²) >= 11 is 6.10. The summed E-state index contributed by atoms with van der Waals surface area (Å²) < 4.78 is 56.5. The molecule has 4 heterocycles. The Morgan fingerprint density at radius 2 is 1.21 bits per heavy atom. The van der Waals surface area contributed by atoms with E-state index in [-0.39, 0.29) is 41.9 Å². The van der Waals surface area contributed by atoms with Crippen LogP contribution in [0.5, 0.6) is 28.7 Å². The predicted octanol–water partition coefficient (Wildman–Crippen LogP) is 11.8. The Hall–Kier alpha value is -7.90. The van der Waals surface area contributed by atoms with Crippen molar-refractivity contribution >= 4 is 80.4 Å². The molecule has 4 N–H and O–H groups in total. The molecular formula is C60H65Cl2F2N9O7. The van der Waals surface area contributed by atoms with Crippen molar-refractivity contribution in [3.8, 4) is 28.7 Å². The maximum Gasteiger partial charge on any atom is 0.255 e. The minimum atomic E-state index is -0.562. The van der Waals surface area contributed by atoms with Crippen molar-refractivity contribution in [3.05, 3.63) is 161 Å². The van der Waals surface area contributed by atoms with Crippen LogP contribution in [0.1, 0.15) is 52.0 Å².